The Morgan fingerprint density at radius 1 is 1.54 bits per heavy atom. The van der Waals surface area contributed by atoms with Crippen LogP contribution in [0.2, 0.25) is 5.02 Å². The molecule has 0 fully saturated rings. The molecule has 2 rings (SSSR count). The maximum atomic E-state index is 6.05. The standard InChI is InChI=1S/C10H12ClNS/c1-6-5-12-9-4-3-8(11)7(2)10(9)13-6/h3-4,6,12H,5H2,1-2H3. The van der Waals surface area contributed by atoms with Crippen molar-refractivity contribution in [1.29, 1.82) is 0 Å². The third kappa shape index (κ3) is 1.65. The van der Waals surface area contributed by atoms with E-state index < -0.39 is 0 Å². The zero-order chi connectivity index (χ0) is 9.42. The molecule has 13 heavy (non-hydrogen) atoms. The summed E-state index contributed by atoms with van der Waals surface area (Å²) in [6, 6.07) is 4.02. The second-order valence-electron chi connectivity index (χ2n) is 3.36. The third-order valence-electron chi connectivity index (χ3n) is 2.24. The number of halogens is 1. The monoisotopic (exact) mass is 213 g/mol. The van der Waals surface area contributed by atoms with Gasteiger partial charge in [0.25, 0.3) is 0 Å². The van der Waals surface area contributed by atoms with E-state index in [2.05, 4.69) is 25.2 Å². The molecular weight excluding hydrogens is 202 g/mol. The molecule has 1 aromatic rings. The number of rotatable bonds is 0. The molecule has 3 heteroatoms. The second-order valence-corrected chi connectivity index (χ2v) is 5.21. The van der Waals surface area contributed by atoms with Gasteiger partial charge in [0.15, 0.2) is 0 Å². The van der Waals surface area contributed by atoms with Crippen molar-refractivity contribution in [1.82, 2.24) is 0 Å². The molecule has 0 aliphatic carbocycles. The van der Waals surface area contributed by atoms with Crippen molar-refractivity contribution in [2.24, 2.45) is 0 Å². The molecule has 0 saturated heterocycles. The van der Waals surface area contributed by atoms with E-state index in [1.54, 1.807) is 0 Å². The van der Waals surface area contributed by atoms with Crippen molar-refractivity contribution in [3.63, 3.8) is 0 Å². The summed E-state index contributed by atoms with van der Waals surface area (Å²) in [5.41, 5.74) is 2.42. The Labute approximate surface area is 87.9 Å². The minimum Gasteiger partial charge on any atom is -0.383 e. The number of anilines is 1. The maximum absolute atomic E-state index is 6.05. The molecule has 0 bridgehead atoms. The van der Waals surface area contributed by atoms with E-state index in [0.717, 1.165) is 11.6 Å². The van der Waals surface area contributed by atoms with Crippen LogP contribution in [0.25, 0.3) is 0 Å². The minimum absolute atomic E-state index is 0.629. The lowest BCUT2D eigenvalue weighted by atomic mass is 10.2. The fourth-order valence-electron chi connectivity index (χ4n) is 1.46. The molecule has 1 nitrogen and oxygen atoms in total. The van der Waals surface area contributed by atoms with E-state index in [4.69, 9.17) is 11.6 Å². The third-order valence-corrected chi connectivity index (χ3v) is 3.98. The van der Waals surface area contributed by atoms with Gasteiger partial charge >= 0.3 is 0 Å². The normalized spacial score (nSPS) is 20.7. The fourth-order valence-corrected chi connectivity index (χ4v) is 2.79. The summed E-state index contributed by atoms with van der Waals surface area (Å²) in [5, 5.41) is 4.89. The van der Waals surface area contributed by atoms with Crippen LogP contribution in [0.3, 0.4) is 0 Å². The predicted octanol–water partition coefficient (Wildman–Crippen LogP) is 3.55. The van der Waals surface area contributed by atoms with Crippen LogP contribution in [-0.4, -0.2) is 11.8 Å². The van der Waals surface area contributed by atoms with Crippen molar-refractivity contribution in [3.8, 4) is 0 Å². The van der Waals surface area contributed by atoms with E-state index in [9.17, 15) is 0 Å². The summed E-state index contributed by atoms with van der Waals surface area (Å²) in [6.07, 6.45) is 0. The van der Waals surface area contributed by atoms with Crippen molar-refractivity contribution in [2.75, 3.05) is 11.9 Å². The highest BCUT2D eigenvalue weighted by Gasteiger charge is 2.17. The summed E-state index contributed by atoms with van der Waals surface area (Å²) in [6.45, 7) is 5.34. The number of thioether (sulfide) groups is 1. The Hall–Kier alpha value is -0.340. The van der Waals surface area contributed by atoms with Gasteiger partial charge in [-0.3, -0.25) is 0 Å². The second kappa shape index (κ2) is 3.43. The van der Waals surface area contributed by atoms with E-state index in [1.807, 2.05) is 17.8 Å². The Bertz CT molecular complexity index is 338. The first kappa shape index (κ1) is 9.22. The van der Waals surface area contributed by atoms with Gasteiger partial charge in [0, 0.05) is 27.4 Å². The van der Waals surface area contributed by atoms with Gasteiger partial charge in [0.2, 0.25) is 0 Å². The number of nitrogens with one attached hydrogen (secondary N) is 1. The van der Waals surface area contributed by atoms with Crippen LogP contribution in [0, 0.1) is 6.92 Å². The fraction of sp³-hybridized carbons (Fsp3) is 0.400. The number of hydrogen-bond donors (Lipinski definition) is 1. The van der Waals surface area contributed by atoms with Gasteiger partial charge in [0.1, 0.15) is 0 Å². The van der Waals surface area contributed by atoms with Gasteiger partial charge in [-0.05, 0) is 24.6 Å². The van der Waals surface area contributed by atoms with E-state index in [0.29, 0.717) is 5.25 Å². The lowest BCUT2D eigenvalue weighted by molar-refractivity contribution is 0.969. The molecule has 0 spiro atoms. The van der Waals surface area contributed by atoms with Gasteiger partial charge < -0.3 is 5.32 Å². The molecule has 0 aromatic heterocycles. The van der Waals surface area contributed by atoms with Crippen LogP contribution in [-0.2, 0) is 0 Å². The molecular formula is C10H12ClNS. The minimum atomic E-state index is 0.629. The number of benzene rings is 1. The van der Waals surface area contributed by atoms with Crippen LogP contribution >= 0.6 is 23.4 Å². The first-order valence-corrected chi connectivity index (χ1v) is 5.64. The molecule has 0 saturated carbocycles. The van der Waals surface area contributed by atoms with Gasteiger partial charge in [-0.15, -0.1) is 11.8 Å². The molecule has 1 N–H and O–H groups in total. The Balaban J connectivity index is 2.48. The number of fused-ring (bicyclic) bond motifs is 1. The quantitative estimate of drug-likeness (QED) is 0.708. The Morgan fingerprint density at radius 2 is 2.31 bits per heavy atom. The summed E-state index contributed by atoms with van der Waals surface area (Å²) >= 11 is 7.96. The summed E-state index contributed by atoms with van der Waals surface area (Å²) in [5.74, 6) is 0. The lowest BCUT2D eigenvalue weighted by Crippen LogP contribution is -2.18. The van der Waals surface area contributed by atoms with Crippen molar-refractivity contribution in [2.45, 2.75) is 24.0 Å². The van der Waals surface area contributed by atoms with E-state index in [1.165, 1.54) is 16.1 Å². The average Bonchev–Trinajstić information content (AvgIpc) is 2.12. The van der Waals surface area contributed by atoms with Gasteiger partial charge in [-0.1, -0.05) is 18.5 Å². The van der Waals surface area contributed by atoms with Crippen molar-refractivity contribution in [3.05, 3.63) is 22.7 Å². The van der Waals surface area contributed by atoms with Crippen LogP contribution < -0.4 is 5.32 Å². The van der Waals surface area contributed by atoms with Gasteiger partial charge in [0.05, 0.1) is 0 Å². The van der Waals surface area contributed by atoms with Crippen LogP contribution in [0.1, 0.15) is 12.5 Å². The largest absolute Gasteiger partial charge is 0.383 e. The summed E-state index contributed by atoms with van der Waals surface area (Å²) in [4.78, 5) is 1.31. The van der Waals surface area contributed by atoms with Crippen LogP contribution in [0.15, 0.2) is 17.0 Å². The van der Waals surface area contributed by atoms with E-state index >= 15 is 0 Å². The zero-order valence-electron chi connectivity index (χ0n) is 7.73. The smallest absolute Gasteiger partial charge is 0.0482 e. The lowest BCUT2D eigenvalue weighted by Gasteiger charge is -2.24. The highest BCUT2D eigenvalue weighted by Crippen LogP contribution is 2.39. The summed E-state index contributed by atoms with van der Waals surface area (Å²) < 4.78 is 0. The molecule has 1 aromatic carbocycles. The molecule has 1 atom stereocenters. The Kier molecular flexibility index (Phi) is 2.43. The topological polar surface area (TPSA) is 12.0 Å². The first-order chi connectivity index (χ1) is 6.18. The average molecular weight is 214 g/mol. The highest BCUT2D eigenvalue weighted by atomic mass is 35.5. The Morgan fingerprint density at radius 3 is 3.08 bits per heavy atom. The van der Waals surface area contributed by atoms with E-state index in [-0.39, 0.29) is 0 Å². The molecule has 70 valence electrons. The van der Waals surface area contributed by atoms with Gasteiger partial charge in [-0.2, -0.15) is 0 Å². The maximum Gasteiger partial charge on any atom is 0.0482 e. The molecule has 1 heterocycles. The molecule has 0 radical (unpaired) electrons. The summed E-state index contributed by atoms with van der Waals surface area (Å²) in [7, 11) is 0. The zero-order valence-corrected chi connectivity index (χ0v) is 9.30. The molecule has 1 aliphatic rings. The predicted molar refractivity (Wildman–Crippen MR) is 60.0 cm³/mol. The molecule has 0 amide bonds. The van der Waals surface area contributed by atoms with Crippen molar-refractivity contribution >= 4 is 29.1 Å². The molecule has 1 unspecified atom stereocenters. The number of hydrogen-bond acceptors (Lipinski definition) is 2. The SMILES string of the molecule is Cc1c(Cl)ccc2c1SC(C)CN2. The van der Waals surface area contributed by atoms with Gasteiger partial charge in [-0.25, -0.2) is 0 Å². The first-order valence-electron chi connectivity index (χ1n) is 4.38. The highest BCUT2D eigenvalue weighted by molar-refractivity contribution is 8.00. The van der Waals surface area contributed by atoms with Crippen LogP contribution in [0.5, 0.6) is 0 Å². The van der Waals surface area contributed by atoms with Crippen molar-refractivity contribution < 1.29 is 0 Å². The van der Waals surface area contributed by atoms with Crippen LogP contribution in [0.4, 0.5) is 5.69 Å². The molecule has 1 aliphatic heterocycles.